The molecule has 0 radical (unpaired) electrons. The average Bonchev–Trinajstić information content (AvgIpc) is 3.21. The van der Waals surface area contributed by atoms with Gasteiger partial charge in [-0.3, -0.25) is 0 Å². The number of halogens is 5. The fraction of sp³-hybridized carbons (Fsp3) is 0.375. The minimum absolute atomic E-state index is 0.00125. The molecule has 1 fully saturated rings. The van der Waals surface area contributed by atoms with Crippen LogP contribution in [0.5, 0.6) is 0 Å². The number of carbonyl (C=O) groups is 1. The molecule has 5 atom stereocenters. The van der Waals surface area contributed by atoms with Gasteiger partial charge in [0.2, 0.25) is 0 Å². The van der Waals surface area contributed by atoms with Crippen LogP contribution in [0.15, 0.2) is 36.4 Å². The van der Waals surface area contributed by atoms with Crippen molar-refractivity contribution in [2.24, 2.45) is 0 Å². The molecule has 9 nitrogen and oxygen atoms in total. The zero-order valence-electron chi connectivity index (χ0n) is 19.5. The van der Waals surface area contributed by atoms with E-state index >= 15 is 0 Å². The number of ether oxygens (including phenoxy) is 2. The highest BCUT2D eigenvalue weighted by Crippen LogP contribution is 2.41. The molecule has 0 unspecified atom stereocenters. The van der Waals surface area contributed by atoms with Crippen LogP contribution in [0.3, 0.4) is 0 Å². The summed E-state index contributed by atoms with van der Waals surface area (Å²) >= 11 is 12.2. The highest BCUT2D eigenvalue weighted by molar-refractivity contribution is 6.36. The fourth-order valence-electron chi connectivity index (χ4n) is 4.12. The Hall–Kier alpha value is -2.58. The molecule has 0 aliphatic carbocycles. The summed E-state index contributed by atoms with van der Waals surface area (Å²) in [5.74, 6) is -1.05. The first-order valence-corrected chi connectivity index (χ1v) is 12.0. The molecule has 1 aliphatic rings. The summed E-state index contributed by atoms with van der Waals surface area (Å²) in [4.78, 5) is 18.3. The largest absolute Gasteiger partial charge is 0.461 e. The molecule has 0 amide bonds. The van der Waals surface area contributed by atoms with Gasteiger partial charge in [-0.25, -0.2) is 4.79 Å². The van der Waals surface area contributed by atoms with Crippen LogP contribution in [0, 0.1) is 0 Å². The third-order valence-corrected chi connectivity index (χ3v) is 6.51. The number of hydrogen-bond acceptors (Lipinski definition) is 8. The molecule has 2 heterocycles. The Bertz CT molecular complexity index is 1350. The van der Waals surface area contributed by atoms with Crippen LogP contribution in [-0.2, 0) is 15.7 Å². The van der Waals surface area contributed by atoms with E-state index in [2.05, 4.69) is 0 Å². The summed E-state index contributed by atoms with van der Waals surface area (Å²) in [7, 11) is 0. The highest BCUT2D eigenvalue weighted by atomic mass is 35.5. The Balaban J connectivity index is 1.95. The Kier molecular flexibility index (Phi) is 8.15. The maximum Gasteiger partial charge on any atom is 0.417 e. The maximum atomic E-state index is 14.2. The van der Waals surface area contributed by atoms with E-state index in [1.807, 2.05) is 0 Å². The number of aliphatic hydroxyl groups excluding tert-OH is 4. The van der Waals surface area contributed by atoms with Gasteiger partial charge < -0.3 is 34.7 Å². The number of aliphatic hydroxyl groups is 4. The Morgan fingerprint density at radius 2 is 1.79 bits per heavy atom. The lowest BCUT2D eigenvalue weighted by molar-refractivity contribution is -0.299. The number of carbonyl (C=O) groups excluding carboxylic acids is 1. The van der Waals surface area contributed by atoms with Gasteiger partial charge in [-0.1, -0.05) is 29.3 Å². The molecule has 1 saturated heterocycles. The molecule has 1 aliphatic heterocycles. The second-order valence-electron chi connectivity index (χ2n) is 8.43. The Morgan fingerprint density at radius 1 is 1.08 bits per heavy atom. The van der Waals surface area contributed by atoms with E-state index in [-0.39, 0.29) is 33.3 Å². The van der Waals surface area contributed by atoms with Gasteiger partial charge in [0.1, 0.15) is 24.4 Å². The lowest BCUT2D eigenvalue weighted by Crippen LogP contribution is -2.61. The second-order valence-corrected chi connectivity index (χ2v) is 9.27. The molecular weight excluding hydrogens is 558 g/mol. The van der Waals surface area contributed by atoms with Crippen LogP contribution >= 0.6 is 23.2 Å². The van der Waals surface area contributed by atoms with Crippen LogP contribution in [0.1, 0.15) is 23.0 Å². The van der Waals surface area contributed by atoms with E-state index in [9.17, 15) is 38.4 Å². The summed E-state index contributed by atoms with van der Waals surface area (Å²) < 4.78 is 53.6. The van der Waals surface area contributed by atoms with E-state index < -0.39 is 66.1 Å². The predicted molar refractivity (Wildman–Crippen MR) is 129 cm³/mol. The molecule has 14 heteroatoms. The second kappa shape index (κ2) is 10.9. The van der Waals surface area contributed by atoms with Crippen molar-refractivity contribution in [2.45, 2.75) is 43.8 Å². The zero-order chi connectivity index (χ0) is 27.9. The van der Waals surface area contributed by atoms with E-state index in [1.165, 1.54) is 31.2 Å². The molecule has 3 aromatic rings. The summed E-state index contributed by atoms with van der Waals surface area (Å²) in [5.41, 5.74) is -1.69. The molecular formula is C24H22Cl2F3NO8. The topological polar surface area (TPSA) is 131 Å². The van der Waals surface area contributed by atoms with Crippen molar-refractivity contribution in [3.8, 4) is 11.1 Å². The molecule has 0 bridgehead atoms. The van der Waals surface area contributed by atoms with E-state index in [1.54, 1.807) is 0 Å². The zero-order valence-corrected chi connectivity index (χ0v) is 21.0. The summed E-state index contributed by atoms with van der Waals surface area (Å²) in [6.45, 7) is 0.600. The normalized spacial score (nSPS) is 24.0. The number of rotatable bonds is 6. The monoisotopic (exact) mass is 579 g/mol. The van der Waals surface area contributed by atoms with Crippen molar-refractivity contribution < 1.29 is 52.7 Å². The van der Waals surface area contributed by atoms with Crippen molar-refractivity contribution in [1.29, 1.82) is 0 Å². The molecule has 4 rings (SSSR count). The van der Waals surface area contributed by atoms with Crippen LogP contribution in [0.2, 0.25) is 10.0 Å². The molecule has 0 spiro atoms. The van der Waals surface area contributed by atoms with Crippen LogP contribution in [0.25, 0.3) is 22.0 Å². The van der Waals surface area contributed by atoms with Gasteiger partial charge in [0.05, 0.1) is 24.3 Å². The maximum absolute atomic E-state index is 14.2. The molecule has 4 N–H and O–H groups in total. The van der Waals surface area contributed by atoms with Gasteiger partial charge in [0.25, 0.3) is 6.29 Å². The van der Waals surface area contributed by atoms with Gasteiger partial charge >= 0.3 is 12.1 Å². The number of fused-ring (bicyclic) bond motifs is 1. The van der Waals surface area contributed by atoms with Gasteiger partial charge in [0.15, 0.2) is 5.69 Å². The van der Waals surface area contributed by atoms with Crippen molar-refractivity contribution in [2.75, 3.05) is 13.2 Å². The predicted octanol–water partition coefficient (Wildman–Crippen LogP) is 3.04. The standard InChI is InChI=1S/C24H22Cl2F3NO8/c1-2-36-22(35)17-8-13-14(24(27,28)29)5-10(12-4-3-11(25)7-15(12)26)6-16(13)30(17)38-23-21(34)20(33)19(32)18(9-31)37-23/h3-8,18-21,23,31-34H,2,9H2,1H3/t18-,19-,20+,21-,23+/m1/s1. The smallest absolute Gasteiger partial charge is 0.417 e. The van der Waals surface area contributed by atoms with Crippen molar-refractivity contribution in [3.63, 3.8) is 0 Å². The van der Waals surface area contributed by atoms with E-state index in [4.69, 9.17) is 37.5 Å². The first kappa shape index (κ1) is 28.4. The first-order chi connectivity index (χ1) is 17.9. The summed E-state index contributed by atoms with van der Waals surface area (Å²) in [5, 5.41) is 39.9. The molecule has 1 aromatic heterocycles. The van der Waals surface area contributed by atoms with Gasteiger partial charge in [-0.05, 0) is 42.8 Å². The Labute approximate surface area is 223 Å². The minimum Gasteiger partial charge on any atom is -0.461 e. The van der Waals surface area contributed by atoms with Crippen LogP contribution in [0.4, 0.5) is 13.2 Å². The highest BCUT2D eigenvalue weighted by Gasteiger charge is 2.46. The molecule has 206 valence electrons. The average molecular weight is 580 g/mol. The number of esters is 1. The number of benzene rings is 2. The Morgan fingerprint density at radius 3 is 2.39 bits per heavy atom. The minimum atomic E-state index is -4.88. The number of nitrogens with zero attached hydrogens (tertiary/aromatic N) is 1. The van der Waals surface area contributed by atoms with Gasteiger partial charge in [-0.2, -0.15) is 17.9 Å². The molecule has 38 heavy (non-hydrogen) atoms. The lowest BCUT2D eigenvalue weighted by atomic mass is 9.99. The number of alkyl halides is 3. The van der Waals surface area contributed by atoms with Crippen molar-refractivity contribution in [3.05, 3.63) is 57.7 Å². The fourth-order valence-corrected chi connectivity index (χ4v) is 4.63. The first-order valence-electron chi connectivity index (χ1n) is 11.2. The van der Waals surface area contributed by atoms with Gasteiger partial charge in [0, 0.05) is 21.0 Å². The molecule has 0 saturated carbocycles. The van der Waals surface area contributed by atoms with Crippen LogP contribution < -0.4 is 4.84 Å². The van der Waals surface area contributed by atoms with Crippen molar-refractivity contribution >= 4 is 40.1 Å². The van der Waals surface area contributed by atoms with E-state index in [0.717, 1.165) is 12.1 Å². The molecule has 2 aromatic carbocycles. The summed E-state index contributed by atoms with van der Waals surface area (Å²) in [6.07, 6.45) is -13.5. The van der Waals surface area contributed by atoms with Crippen LogP contribution in [-0.4, -0.2) is 75.0 Å². The van der Waals surface area contributed by atoms with Gasteiger partial charge in [-0.15, -0.1) is 0 Å². The van der Waals surface area contributed by atoms with E-state index in [0.29, 0.717) is 4.73 Å². The number of hydrogen-bond donors (Lipinski definition) is 4. The van der Waals surface area contributed by atoms with Crippen molar-refractivity contribution in [1.82, 2.24) is 4.73 Å². The third-order valence-electron chi connectivity index (χ3n) is 5.97. The third kappa shape index (κ3) is 5.30. The number of aromatic nitrogens is 1. The summed E-state index contributed by atoms with van der Waals surface area (Å²) in [6, 6.07) is 7.24. The SMILES string of the molecule is CCOC(=O)c1cc2c(C(F)(F)F)cc(-c3ccc(Cl)cc3Cl)cc2n1O[C@@H]1O[C@H](CO)[C@@H](O)[C@H](O)[C@H]1O. The lowest BCUT2D eigenvalue weighted by Gasteiger charge is -2.39. The quantitative estimate of drug-likeness (QED) is 0.328.